The lowest BCUT2D eigenvalue weighted by Crippen LogP contribution is -2.62. The van der Waals surface area contributed by atoms with E-state index in [0.29, 0.717) is 31.6 Å². The number of aliphatic carboxylic acids is 1. The van der Waals surface area contributed by atoms with Crippen molar-refractivity contribution in [2.75, 3.05) is 41.5 Å². The molecule has 85 heavy (non-hydrogen) atoms. The number of cyclic esters (lactones) is 2. The fraction of sp³-hybridized carbons (Fsp3) is 0.623. The normalized spacial score (nSPS) is 26.6. The van der Waals surface area contributed by atoms with E-state index in [9.17, 15) is 54.3 Å². The first-order valence-corrected chi connectivity index (χ1v) is 29.0. The number of carboxylic acid groups (broad SMARTS) is 1. The van der Waals surface area contributed by atoms with Gasteiger partial charge in [0.05, 0.1) is 55.0 Å². The van der Waals surface area contributed by atoms with Crippen LogP contribution in [0.15, 0.2) is 52.9 Å². The Morgan fingerprint density at radius 3 is 2.28 bits per heavy atom. The lowest BCUT2D eigenvalue weighted by atomic mass is 9.89. The summed E-state index contributed by atoms with van der Waals surface area (Å²) in [6, 6.07) is 8.03. The van der Waals surface area contributed by atoms with Crippen molar-refractivity contribution in [3.8, 4) is 18.1 Å². The summed E-state index contributed by atoms with van der Waals surface area (Å²) in [5.41, 5.74) is 1.15. The number of carbonyl (C=O) groups is 7. The van der Waals surface area contributed by atoms with Crippen molar-refractivity contribution in [3.63, 3.8) is 0 Å². The van der Waals surface area contributed by atoms with Gasteiger partial charge in [-0.05, 0) is 61.8 Å². The second kappa shape index (κ2) is 30.5. The second-order valence-corrected chi connectivity index (χ2v) is 22.7. The van der Waals surface area contributed by atoms with Crippen LogP contribution in [0.1, 0.15) is 109 Å². The van der Waals surface area contributed by atoms with Crippen LogP contribution < -0.4 is 15.4 Å². The highest BCUT2D eigenvalue weighted by Gasteiger charge is 2.47. The van der Waals surface area contributed by atoms with Crippen LogP contribution >= 0.6 is 0 Å². The molecule has 24 nitrogen and oxygen atoms in total. The Morgan fingerprint density at radius 1 is 0.953 bits per heavy atom. The van der Waals surface area contributed by atoms with Crippen LogP contribution in [0.2, 0.25) is 0 Å². The molecule has 0 spiro atoms. The molecule has 3 aliphatic rings. The summed E-state index contributed by atoms with van der Waals surface area (Å²) in [5.74, 6) is -3.22. The number of ether oxygens (including phenoxy) is 6. The molecule has 3 aliphatic heterocycles. The van der Waals surface area contributed by atoms with Crippen molar-refractivity contribution in [2.24, 2.45) is 17.8 Å². The number of nitrogens with zero attached hydrogens (tertiary/aromatic N) is 3. The van der Waals surface area contributed by atoms with Crippen LogP contribution in [0.4, 0.5) is 4.79 Å². The van der Waals surface area contributed by atoms with Gasteiger partial charge in [-0.1, -0.05) is 71.4 Å². The van der Waals surface area contributed by atoms with E-state index >= 15 is 4.79 Å². The Labute approximate surface area is 495 Å². The molecule has 4 unspecified atom stereocenters. The molecule has 0 aliphatic carbocycles. The van der Waals surface area contributed by atoms with Crippen LogP contribution in [0, 0.1) is 30.1 Å². The van der Waals surface area contributed by atoms with Gasteiger partial charge in [-0.2, -0.15) is 0 Å². The zero-order valence-electron chi connectivity index (χ0n) is 50.1. The molecule has 6 rings (SSSR count). The molecule has 2 aromatic carbocycles. The summed E-state index contributed by atoms with van der Waals surface area (Å²) in [5, 5.41) is 57.3. The number of terminal acetylenes is 1. The highest BCUT2D eigenvalue weighted by atomic mass is 16.7. The maximum Gasteiger partial charge on any atom is 0.410 e. The minimum absolute atomic E-state index is 0.0562. The number of furan rings is 1. The van der Waals surface area contributed by atoms with Gasteiger partial charge in [0.1, 0.15) is 71.8 Å². The topological polar surface area (TPSA) is 323 Å². The first-order valence-electron chi connectivity index (χ1n) is 29.0. The number of carboxylic acids is 1. The molecular weight excluding hydrogens is 1110 g/mol. The van der Waals surface area contributed by atoms with Crippen molar-refractivity contribution in [3.05, 3.63) is 65.4 Å². The molecule has 468 valence electrons. The predicted molar refractivity (Wildman–Crippen MR) is 306 cm³/mol. The molecule has 24 heteroatoms. The number of aryl methyl sites for hydroxylation is 1. The molecule has 16 atom stereocenters. The monoisotopic (exact) mass is 1190 g/mol. The lowest BCUT2D eigenvalue weighted by molar-refractivity contribution is -0.277. The number of likely N-dealkylation sites (N-methyl/N-ethyl adjacent to an activating group) is 2. The van der Waals surface area contributed by atoms with Crippen molar-refractivity contribution < 1.29 is 91.9 Å². The molecule has 0 radical (unpaired) electrons. The fourth-order valence-corrected chi connectivity index (χ4v) is 11.7. The maximum atomic E-state index is 15.3. The van der Waals surface area contributed by atoms with Crippen molar-refractivity contribution >= 4 is 52.6 Å². The summed E-state index contributed by atoms with van der Waals surface area (Å²) >= 11 is 0. The number of esters is 1. The number of aliphatic hydroxyl groups is 4. The van der Waals surface area contributed by atoms with Gasteiger partial charge < -0.3 is 78.8 Å². The first-order chi connectivity index (χ1) is 40.4. The Balaban J connectivity index is 1.25. The third-order valence-electron chi connectivity index (χ3n) is 16.6. The van der Waals surface area contributed by atoms with Gasteiger partial charge in [-0.25, -0.2) is 9.59 Å². The van der Waals surface area contributed by atoms with E-state index in [4.69, 9.17) is 39.3 Å². The Kier molecular flexibility index (Phi) is 24.1. The molecule has 2 fully saturated rings. The van der Waals surface area contributed by atoms with Gasteiger partial charge in [0.2, 0.25) is 29.9 Å². The number of benzene rings is 2. The molecule has 7 N–H and O–H groups in total. The summed E-state index contributed by atoms with van der Waals surface area (Å²) < 4.78 is 42.1. The van der Waals surface area contributed by atoms with Crippen LogP contribution in [-0.4, -0.2) is 203 Å². The summed E-state index contributed by atoms with van der Waals surface area (Å²) in [6.07, 6.45) is -6.05. The summed E-state index contributed by atoms with van der Waals surface area (Å²) in [4.78, 5) is 103. The molecule has 2 saturated heterocycles. The SMILES string of the molecule is C#CCC1OC(=O)N(C)[C@@H](C(C)C)C(=O)N[C@H](C(=O)N(C)[C@@H](C(C)CC)[C@@H](CC(=O)N2CCC[C@H]2[C@H](OC)[C@@H](C)C(=O)NC(Cc2ccccc2)C(=O)O)OC)C(C)OC(=O)CCCc2cc3c(O[C@@H]4O[C@H](CO)[C@H](O)[C@H](O)[C@H]4O)ccc1c3o2. The van der Waals surface area contributed by atoms with Crippen molar-refractivity contribution in [2.45, 2.75) is 185 Å². The number of methoxy groups -OCH3 is 2. The number of rotatable bonds is 21. The molecule has 3 aromatic rings. The van der Waals surface area contributed by atoms with E-state index in [1.807, 2.05) is 19.9 Å². The highest BCUT2D eigenvalue weighted by molar-refractivity contribution is 5.93. The predicted octanol–water partition coefficient (Wildman–Crippen LogP) is 3.25. The van der Waals surface area contributed by atoms with E-state index in [2.05, 4.69) is 16.6 Å². The number of aliphatic hydroxyl groups excluding tert-OH is 4. The number of hydrogen-bond donors (Lipinski definition) is 7. The fourth-order valence-electron chi connectivity index (χ4n) is 11.7. The third kappa shape index (κ3) is 16.0. The minimum atomic E-state index is -1.75. The van der Waals surface area contributed by atoms with Crippen LogP contribution in [0.25, 0.3) is 11.0 Å². The largest absolute Gasteiger partial charge is 0.480 e. The zero-order chi connectivity index (χ0) is 62.6. The quantitative estimate of drug-likeness (QED) is 0.0595. The van der Waals surface area contributed by atoms with E-state index in [1.165, 1.54) is 52.3 Å². The first kappa shape index (κ1) is 67.3. The highest BCUT2D eigenvalue weighted by Crippen LogP contribution is 2.39. The number of likely N-dealkylation sites (tertiary alicyclic amines) is 1. The Hall–Kier alpha value is -6.85. The molecule has 0 saturated carbocycles. The van der Waals surface area contributed by atoms with Gasteiger partial charge in [0.15, 0.2) is 0 Å². The van der Waals surface area contributed by atoms with Crippen LogP contribution in [-0.2, 0) is 65.3 Å². The van der Waals surface area contributed by atoms with Gasteiger partial charge in [-0.3, -0.25) is 28.9 Å². The number of amides is 5. The van der Waals surface area contributed by atoms with Gasteiger partial charge in [0, 0.05) is 59.7 Å². The van der Waals surface area contributed by atoms with Crippen LogP contribution in [0.3, 0.4) is 0 Å². The van der Waals surface area contributed by atoms with Gasteiger partial charge in [0.25, 0.3) is 0 Å². The second-order valence-electron chi connectivity index (χ2n) is 22.7. The maximum absolute atomic E-state index is 15.3. The van der Waals surface area contributed by atoms with Crippen molar-refractivity contribution in [1.82, 2.24) is 25.3 Å². The van der Waals surface area contributed by atoms with Gasteiger partial charge in [-0.15, -0.1) is 12.3 Å². The molecule has 2 bridgehead atoms. The number of nitrogens with one attached hydrogen (secondary N) is 2. The number of hydrogen-bond acceptors (Lipinski definition) is 18. The Morgan fingerprint density at radius 2 is 1.66 bits per heavy atom. The van der Waals surface area contributed by atoms with Crippen molar-refractivity contribution in [1.29, 1.82) is 0 Å². The average molecular weight is 1190 g/mol. The smallest absolute Gasteiger partial charge is 0.410 e. The molecule has 4 heterocycles. The van der Waals surface area contributed by atoms with E-state index in [-0.39, 0.29) is 72.6 Å². The lowest BCUT2D eigenvalue weighted by Gasteiger charge is -2.41. The third-order valence-corrected chi connectivity index (χ3v) is 16.6. The standard InChI is InChI=1S/C61H85N5O19/c1-12-19-42-38-25-26-43(83-60-53(72)52(71)51(70)45(31-67)84-60)39-29-37(82-55(38)39)22-17-24-47(69)81-35(7)48(63-57(74)49(32(3)4)65(9)61(78)85-42)58(75)64(8)50(33(5)13-2)44(79-10)30-46(68)66-27-18-23-41(66)54(80-11)34(6)56(73)62-40(59(76)77)28-36-20-15-14-16-21-36/h1,14-16,20-21,25-26,29,32-35,40-42,44-45,48-54,60,67,70-72H,13,17-19,22-24,27-28,30-31H2,2-11H3,(H,62,73)(H,63,74)(H,76,77)/t33?,34-,35?,40?,41+,42?,44-,45-,48+,49+,50+,51+,52+,53-,54-,60-/m1/s1. The zero-order valence-corrected chi connectivity index (χ0v) is 50.1. The van der Waals surface area contributed by atoms with Crippen LogP contribution in [0.5, 0.6) is 5.75 Å². The number of carbonyl (C=O) groups excluding carboxylic acids is 6. The molecule has 1 aromatic heterocycles. The summed E-state index contributed by atoms with van der Waals surface area (Å²) in [6.45, 7) is 9.88. The minimum Gasteiger partial charge on any atom is -0.480 e. The number of fused-ring (bicyclic) bond motifs is 1. The molecule has 5 amide bonds. The molecular formula is C61H85N5O19. The van der Waals surface area contributed by atoms with Gasteiger partial charge >= 0.3 is 18.0 Å². The van der Waals surface area contributed by atoms with E-state index in [0.717, 1.165) is 10.5 Å². The Bertz CT molecular complexity index is 2820. The van der Waals surface area contributed by atoms with E-state index < -0.39 is 140 Å². The van der Waals surface area contributed by atoms with E-state index in [1.54, 1.807) is 56.0 Å². The summed E-state index contributed by atoms with van der Waals surface area (Å²) in [7, 11) is 5.72. The average Bonchev–Trinajstić information content (AvgIpc) is 4.38.